The van der Waals surface area contributed by atoms with Crippen LogP contribution in [0.5, 0.6) is 5.75 Å². The van der Waals surface area contributed by atoms with E-state index in [9.17, 15) is 0 Å². The highest BCUT2D eigenvalue weighted by Crippen LogP contribution is 2.29. The number of nitrogens with zero attached hydrogens (tertiary/aromatic N) is 1. The minimum atomic E-state index is 0.422. The molecule has 0 saturated carbocycles. The Kier molecular flexibility index (Phi) is 4.76. The van der Waals surface area contributed by atoms with Gasteiger partial charge >= 0.3 is 0 Å². The van der Waals surface area contributed by atoms with E-state index in [-0.39, 0.29) is 0 Å². The van der Waals surface area contributed by atoms with Gasteiger partial charge in [-0.05, 0) is 41.0 Å². The summed E-state index contributed by atoms with van der Waals surface area (Å²) in [6.07, 6.45) is 3.02. The number of hydrogen-bond donors (Lipinski definition) is 1. The lowest BCUT2D eigenvalue weighted by molar-refractivity contribution is 0.174. The molecule has 0 radical (unpaired) electrons. The van der Waals surface area contributed by atoms with Crippen molar-refractivity contribution >= 4 is 10.8 Å². The zero-order valence-electron chi connectivity index (χ0n) is 13.2. The molecule has 0 aliphatic carbocycles. The smallest absolute Gasteiger partial charge is 0.119 e. The van der Waals surface area contributed by atoms with Crippen LogP contribution in [0.2, 0.25) is 0 Å². The van der Waals surface area contributed by atoms with Crippen molar-refractivity contribution in [2.75, 3.05) is 33.3 Å². The molecule has 1 aliphatic rings. The molecule has 1 fully saturated rings. The third kappa shape index (κ3) is 3.16. The topological polar surface area (TPSA) is 24.5 Å². The molecule has 1 heterocycles. The van der Waals surface area contributed by atoms with Gasteiger partial charge in [0.15, 0.2) is 0 Å². The lowest BCUT2D eigenvalue weighted by Gasteiger charge is -2.35. The second-order valence-corrected chi connectivity index (χ2v) is 5.80. The van der Waals surface area contributed by atoms with Gasteiger partial charge in [-0.25, -0.2) is 0 Å². The summed E-state index contributed by atoms with van der Waals surface area (Å²) in [5.74, 6) is 0.907. The molecule has 3 rings (SSSR count). The van der Waals surface area contributed by atoms with Gasteiger partial charge in [0, 0.05) is 32.2 Å². The summed E-state index contributed by atoms with van der Waals surface area (Å²) in [7, 11) is 1.71. The summed E-state index contributed by atoms with van der Waals surface area (Å²) in [6.45, 7) is 8.28. The highest BCUT2D eigenvalue weighted by molar-refractivity contribution is 5.84. The molecule has 0 unspecified atom stereocenters. The zero-order chi connectivity index (χ0) is 15.4. The number of nitrogens with one attached hydrogen (secondary N) is 1. The van der Waals surface area contributed by atoms with Crippen LogP contribution in [-0.2, 0) is 0 Å². The molecule has 0 aromatic heterocycles. The first-order valence-electron chi connectivity index (χ1n) is 7.95. The first kappa shape index (κ1) is 15.1. The minimum absolute atomic E-state index is 0.422. The van der Waals surface area contributed by atoms with E-state index in [1.807, 2.05) is 12.1 Å². The van der Waals surface area contributed by atoms with Crippen LogP contribution in [0.25, 0.3) is 10.8 Å². The van der Waals surface area contributed by atoms with E-state index < -0.39 is 0 Å². The van der Waals surface area contributed by atoms with Gasteiger partial charge in [-0.1, -0.05) is 24.3 Å². The number of ether oxygens (including phenoxy) is 1. The normalized spacial score (nSPS) is 17.3. The first-order chi connectivity index (χ1) is 10.8. The van der Waals surface area contributed by atoms with Crippen LogP contribution < -0.4 is 10.1 Å². The third-order valence-corrected chi connectivity index (χ3v) is 4.44. The number of rotatable bonds is 5. The molecule has 22 heavy (non-hydrogen) atoms. The van der Waals surface area contributed by atoms with Crippen molar-refractivity contribution in [2.24, 2.45) is 0 Å². The van der Waals surface area contributed by atoms with Crippen LogP contribution in [0.4, 0.5) is 0 Å². The highest BCUT2D eigenvalue weighted by atomic mass is 16.5. The fourth-order valence-electron chi connectivity index (χ4n) is 3.22. The Labute approximate surface area is 132 Å². The highest BCUT2D eigenvalue weighted by Gasteiger charge is 2.21. The van der Waals surface area contributed by atoms with Gasteiger partial charge < -0.3 is 10.1 Å². The van der Waals surface area contributed by atoms with E-state index in [2.05, 4.69) is 47.1 Å². The van der Waals surface area contributed by atoms with Crippen LogP contribution in [-0.4, -0.2) is 38.2 Å². The molecule has 1 saturated heterocycles. The summed E-state index contributed by atoms with van der Waals surface area (Å²) < 4.78 is 5.31. The van der Waals surface area contributed by atoms with Crippen LogP contribution in [0.3, 0.4) is 0 Å². The Bertz CT molecular complexity index is 647. The lowest BCUT2D eigenvalue weighted by atomic mass is 9.98. The molecule has 116 valence electrons. The maximum Gasteiger partial charge on any atom is 0.119 e. The minimum Gasteiger partial charge on any atom is -0.497 e. The number of benzene rings is 2. The summed E-state index contributed by atoms with van der Waals surface area (Å²) in [6, 6.07) is 13.4. The van der Waals surface area contributed by atoms with Crippen molar-refractivity contribution in [1.82, 2.24) is 10.2 Å². The van der Waals surface area contributed by atoms with Crippen molar-refractivity contribution in [3.05, 3.63) is 54.6 Å². The number of fused-ring (bicyclic) bond motifs is 1. The SMILES string of the molecule is C=CC[C@@H](c1ccc2cc(OC)ccc2c1)N1CCNCC1. The zero-order valence-corrected chi connectivity index (χ0v) is 13.2. The number of piperazine rings is 1. The van der Waals surface area contributed by atoms with Crippen LogP contribution in [0, 0.1) is 0 Å². The first-order valence-corrected chi connectivity index (χ1v) is 7.95. The molecule has 3 nitrogen and oxygen atoms in total. The molecule has 0 bridgehead atoms. The number of hydrogen-bond acceptors (Lipinski definition) is 3. The van der Waals surface area contributed by atoms with Crippen molar-refractivity contribution in [2.45, 2.75) is 12.5 Å². The molecule has 1 atom stereocenters. The van der Waals surface area contributed by atoms with E-state index in [1.165, 1.54) is 16.3 Å². The van der Waals surface area contributed by atoms with E-state index in [0.717, 1.165) is 38.3 Å². The van der Waals surface area contributed by atoms with Gasteiger partial charge in [0.2, 0.25) is 0 Å². The van der Waals surface area contributed by atoms with Gasteiger partial charge in [0.25, 0.3) is 0 Å². The molecular weight excluding hydrogens is 272 g/mol. The van der Waals surface area contributed by atoms with E-state index in [4.69, 9.17) is 4.74 Å². The Hall–Kier alpha value is -1.84. The summed E-state index contributed by atoms with van der Waals surface area (Å²) in [5, 5.41) is 5.91. The maximum atomic E-state index is 5.31. The van der Waals surface area contributed by atoms with Crippen LogP contribution >= 0.6 is 0 Å². The lowest BCUT2D eigenvalue weighted by Crippen LogP contribution is -2.45. The second kappa shape index (κ2) is 6.95. The van der Waals surface area contributed by atoms with E-state index in [0.29, 0.717) is 6.04 Å². The van der Waals surface area contributed by atoms with Gasteiger partial charge in [-0.3, -0.25) is 4.90 Å². The van der Waals surface area contributed by atoms with Crippen molar-refractivity contribution in [1.29, 1.82) is 0 Å². The summed E-state index contributed by atoms with van der Waals surface area (Å²) in [5.41, 5.74) is 1.37. The Morgan fingerprint density at radius 3 is 2.64 bits per heavy atom. The second-order valence-electron chi connectivity index (χ2n) is 5.80. The fraction of sp³-hybridized carbons (Fsp3) is 0.368. The van der Waals surface area contributed by atoms with E-state index in [1.54, 1.807) is 7.11 Å². The van der Waals surface area contributed by atoms with Gasteiger partial charge in [-0.15, -0.1) is 6.58 Å². The van der Waals surface area contributed by atoms with Gasteiger partial charge in [-0.2, -0.15) is 0 Å². The fourth-order valence-corrected chi connectivity index (χ4v) is 3.22. The summed E-state index contributed by atoms with van der Waals surface area (Å²) >= 11 is 0. The monoisotopic (exact) mass is 296 g/mol. The Balaban J connectivity index is 1.92. The van der Waals surface area contributed by atoms with Crippen molar-refractivity contribution in [3.63, 3.8) is 0 Å². The maximum absolute atomic E-state index is 5.31. The van der Waals surface area contributed by atoms with Gasteiger partial charge in [0.1, 0.15) is 5.75 Å². The summed E-state index contributed by atoms with van der Waals surface area (Å²) in [4.78, 5) is 2.56. The molecule has 2 aromatic rings. The third-order valence-electron chi connectivity index (χ3n) is 4.44. The predicted molar refractivity (Wildman–Crippen MR) is 92.5 cm³/mol. The largest absolute Gasteiger partial charge is 0.497 e. The Morgan fingerprint density at radius 1 is 1.18 bits per heavy atom. The molecule has 0 spiro atoms. The van der Waals surface area contributed by atoms with Crippen molar-refractivity contribution < 1.29 is 4.74 Å². The molecular formula is C19H24N2O. The average molecular weight is 296 g/mol. The van der Waals surface area contributed by atoms with Gasteiger partial charge in [0.05, 0.1) is 7.11 Å². The van der Waals surface area contributed by atoms with Crippen LogP contribution in [0.15, 0.2) is 49.1 Å². The average Bonchev–Trinajstić information content (AvgIpc) is 2.59. The predicted octanol–water partition coefficient (Wildman–Crippen LogP) is 3.37. The number of methoxy groups -OCH3 is 1. The molecule has 0 amide bonds. The van der Waals surface area contributed by atoms with Crippen molar-refractivity contribution in [3.8, 4) is 5.75 Å². The molecule has 3 heteroatoms. The molecule has 2 aromatic carbocycles. The quantitative estimate of drug-likeness (QED) is 0.856. The molecule has 1 N–H and O–H groups in total. The Morgan fingerprint density at radius 2 is 1.91 bits per heavy atom. The molecule has 1 aliphatic heterocycles. The van der Waals surface area contributed by atoms with E-state index >= 15 is 0 Å². The standard InChI is InChI=1S/C19H24N2O/c1-3-4-19(21-11-9-20-10-12-21)17-6-5-16-14-18(22-2)8-7-15(16)13-17/h3,5-8,13-14,19-20H,1,4,9-12H2,2H3/t19-/m0/s1. The van der Waals surface area contributed by atoms with Crippen LogP contribution in [0.1, 0.15) is 18.0 Å².